The van der Waals surface area contributed by atoms with Crippen LogP contribution in [-0.2, 0) is 0 Å². The molecule has 0 N–H and O–H groups in total. The van der Waals surface area contributed by atoms with E-state index in [2.05, 4.69) is 139 Å². The van der Waals surface area contributed by atoms with Crippen LogP contribution in [0.3, 0.4) is 0 Å². The maximum absolute atomic E-state index is 6.32. The normalized spacial score (nSPS) is 13.5. The second kappa shape index (κ2) is 9.61. The van der Waals surface area contributed by atoms with Crippen LogP contribution < -0.4 is 10.4 Å². The van der Waals surface area contributed by atoms with Crippen molar-refractivity contribution >= 4 is 62.2 Å². The fraction of sp³-hybridized carbons (Fsp3) is 0.0476. The van der Waals surface area contributed by atoms with Gasteiger partial charge in [0.2, 0.25) is 0 Å². The second-order valence-corrected chi connectivity index (χ2v) is 17.3. The minimum Gasteiger partial charge on any atom is -0.456 e. The molecule has 3 aromatic heterocycles. The molecule has 9 aromatic rings. The summed E-state index contributed by atoms with van der Waals surface area (Å²) in [6.07, 6.45) is 0. The lowest BCUT2D eigenvalue weighted by molar-refractivity contribution is 0.669. The van der Waals surface area contributed by atoms with Gasteiger partial charge in [0.1, 0.15) is 19.2 Å². The van der Waals surface area contributed by atoms with Crippen molar-refractivity contribution in [2.24, 2.45) is 0 Å². The molecule has 0 atom stereocenters. The maximum atomic E-state index is 6.32. The van der Waals surface area contributed by atoms with Gasteiger partial charge in [-0.1, -0.05) is 116 Å². The Kier molecular flexibility index (Phi) is 5.41. The van der Waals surface area contributed by atoms with E-state index in [9.17, 15) is 0 Å². The van der Waals surface area contributed by atoms with Crippen LogP contribution in [0.4, 0.5) is 0 Å². The van der Waals surface area contributed by atoms with Gasteiger partial charge in [-0.05, 0) is 52.3 Å². The Bertz CT molecular complexity index is 2720. The molecule has 1 aliphatic heterocycles. The van der Waals surface area contributed by atoms with E-state index in [1.165, 1.54) is 26.7 Å². The number of rotatable bonds is 3. The monoisotopic (exact) mass is 619 g/mol. The molecule has 0 unspecified atom stereocenters. The van der Waals surface area contributed by atoms with E-state index < -0.39 is 8.07 Å². The summed E-state index contributed by atoms with van der Waals surface area (Å²) < 4.78 is 8.71. The van der Waals surface area contributed by atoms with Crippen molar-refractivity contribution < 1.29 is 4.42 Å². The van der Waals surface area contributed by atoms with Gasteiger partial charge in [0, 0.05) is 38.4 Å². The highest BCUT2D eigenvalue weighted by atomic mass is 28.3. The van der Waals surface area contributed by atoms with Crippen LogP contribution in [0, 0.1) is 0 Å². The molecule has 0 radical (unpaired) electrons. The zero-order chi connectivity index (χ0) is 31.3. The molecule has 5 heteroatoms. The number of nitrogens with zero attached hydrogens (tertiary/aromatic N) is 3. The third-order valence-corrected chi connectivity index (χ3v) is 13.5. The van der Waals surface area contributed by atoms with E-state index in [1.54, 1.807) is 0 Å². The van der Waals surface area contributed by atoms with Crippen molar-refractivity contribution in [3.05, 3.63) is 140 Å². The first-order chi connectivity index (χ1) is 23.1. The molecule has 6 aromatic carbocycles. The third-order valence-electron chi connectivity index (χ3n) is 9.97. The van der Waals surface area contributed by atoms with Crippen molar-refractivity contribution in [1.29, 1.82) is 0 Å². The van der Waals surface area contributed by atoms with E-state index in [4.69, 9.17) is 14.4 Å². The maximum Gasteiger partial charge on any atom is 0.160 e. The van der Waals surface area contributed by atoms with E-state index in [1.807, 2.05) is 18.2 Å². The number of para-hydroxylation sites is 2. The topological polar surface area (TPSA) is 43.9 Å². The summed E-state index contributed by atoms with van der Waals surface area (Å²) in [5, 5.41) is 7.37. The van der Waals surface area contributed by atoms with Gasteiger partial charge in [0.15, 0.2) is 5.82 Å². The van der Waals surface area contributed by atoms with Crippen LogP contribution in [0.25, 0.3) is 83.3 Å². The molecule has 10 rings (SSSR count). The minimum atomic E-state index is -2.09. The van der Waals surface area contributed by atoms with Crippen LogP contribution in [0.2, 0.25) is 13.1 Å². The number of benzene rings is 6. The Morgan fingerprint density at radius 3 is 2.15 bits per heavy atom. The SMILES string of the molecule is C[Si]1(C)c2ccccc2-c2nc(-c3ccccc3)nc(-c3cccc(-n4c5ccccc5c5cc6oc7ccccc7c6cc54)c3)c21. The Balaban J connectivity index is 1.25. The first-order valence-electron chi connectivity index (χ1n) is 16.1. The Hall–Kier alpha value is -5.78. The molecule has 47 heavy (non-hydrogen) atoms. The van der Waals surface area contributed by atoms with Crippen molar-refractivity contribution in [1.82, 2.24) is 14.5 Å². The average molecular weight is 620 g/mol. The fourth-order valence-corrected chi connectivity index (χ4v) is 11.0. The molecule has 0 saturated heterocycles. The summed E-state index contributed by atoms with van der Waals surface area (Å²) in [5.74, 6) is 0.761. The van der Waals surface area contributed by atoms with Crippen molar-refractivity contribution in [3.63, 3.8) is 0 Å². The van der Waals surface area contributed by atoms with Gasteiger partial charge in [-0.2, -0.15) is 0 Å². The van der Waals surface area contributed by atoms with Gasteiger partial charge in [-0.15, -0.1) is 0 Å². The Morgan fingerprint density at radius 2 is 1.26 bits per heavy atom. The van der Waals surface area contributed by atoms with Crippen LogP contribution in [-0.4, -0.2) is 22.6 Å². The first kappa shape index (κ1) is 26.4. The molecule has 0 fully saturated rings. The lowest BCUT2D eigenvalue weighted by Gasteiger charge is -2.22. The Labute approximate surface area is 272 Å². The first-order valence-corrected chi connectivity index (χ1v) is 19.1. The van der Waals surface area contributed by atoms with Crippen molar-refractivity contribution in [2.75, 3.05) is 0 Å². The van der Waals surface area contributed by atoms with Crippen molar-refractivity contribution in [3.8, 4) is 39.6 Å². The van der Waals surface area contributed by atoms with E-state index >= 15 is 0 Å². The van der Waals surface area contributed by atoms with Gasteiger partial charge in [0.25, 0.3) is 0 Å². The molecule has 4 nitrogen and oxygen atoms in total. The molecular formula is C42H29N3OSi. The summed E-state index contributed by atoms with van der Waals surface area (Å²) >= 11 is 0. The molecule has 0 spiro atoms. The molecule has 4 heterocycles. The van der Waals surface area contributed by atoms with E-state index in [-0.39, 0.29) is 0 Å². The van der Waals surface area contributed by atoms with Crippen LogP contribution >= 0.6 is 0 Å². The summed E-state index contributed by atoms with van der Waals surface area (Å²) in [7, 11) is -2.09. The summed E-state index contributed by atoms with van der Waals surface area (Å²) in [6, 6.07) is 49.5. The molecule has 222 valence electrons. The van der Waals surface area contributed by atoms with Crippen molar-refractivity contribution in [2.45, 2.75) is 13.1 Å². The van der Waals surface area contributed by atoms with Crippen LogP contribution in [0.1, 0.15) is 0 Å². The van der Waals surface area contributed by atoms with Gasteiger partial charge < -0.3 is 8.98 Å². The van der Waals surface area contributed by atoms with E-state index in [0.29, 0.717) is 0 Å². The average Bonchev–Trinajstić information content (AvgIpc) is 3.72. The quantitative estimate of drug-likeness (QED) is 0.185. The number of hydrogen-bond donors (Lipinski definition) is 0. The molecule has 0 saturated carbocycles. The highest BCUT2D eigenvalue weighted by Crippen LogP contribution is 2.39. The standard InChI is InChI=1S/C42H29N3OSi/c1-47(2)38-22-11-8-19-31(38)40-41(47)39(43-42(44-40)26-13-4-3-5-14-26)27-15-12-16-28(23-27)45-34-20-9-6-17-29(34)32-25-37-33(24-35(32)45)30-18-7-10-21-36(30)46-37/h3-25H,1-2H3. The van der Waals surface area contributed by atoms with Gasteiger partial charge in [-0.25, -0.2) is 9.97 Å². The smallest absolute Gasteiger partial charge is 0.160 e. The van der Waals surface area contributed by atoms with Gasteiger partial charge in [0.05, 0.1) is 22.4 Å². The lowest BCUT2D eigenvalue weighted by atomic mass is 10.1. The number of aromatic nitrogens is 3. The summed E-state index contributed by atoms with van der Waals surface area (Å²) in [6.45, 7) is 4.87. The molecule has 0 amide bonds. The summed E-state index contributed by atoms with van der Waals surface area (Å²) in [4.78, 5) is 10.6. The van der Waals surface area contributed by atoms with Gasteiger partial charge in [-0.3, -0.25) is 0 Å². The predicted octanol–water partition coefficient (Wildman–Crippen LogP) is 9.61. The number of hydrogen-bond acceptors (Lipinski definition) is 3. The molecule has 0 aliphatic carbocycles. The largest absolute Gasteiger partial charge is 0.456 e. The molecule has 1 aliphatic rings. The van der Waals surface area contributed by atoms with Gasteiger partial charge >= 0.3 is 0 Å². The molecule has 0 bridgehead atoms. The Morgan fingerprint density at radius 1 is 0.532 bits per heavy atom. The third kappa shape index (κ3) is 3.75. The lowest BCUT2D eigenvalue weighted by Crippen LogP contribution is -2.50. The molecular weight excluding hydrogens is 591 g/mol. The number of furan rings is 1. The zero-order valence-electron chi connectivity index (χ0n) is 26.0. The number of fused-ring (bicyclic) bond motifs is 9. The van der Waals surface area contributed by atoms with E-state index in [0.717, 1.165) is 67.0 Å². The van der Waals surface area contributed by atoms with Crippen LogP contribution in [0.5, 0.6) is 0 Å². The minimum absolute atomic E-state index is 0.761. The van der Waals surface area contributed by atoms with Crippen LogP contribution in [0.15, 0.2) is 144 Å². The highest BCUT2D eigenvalue weighted by molar-refractivity contribution is 7.04. The second-order valence-electron chi connectivity index (χ2n) is 13.0. The summed E-state index contributed by atoms with van der Waals surface area (Å²) in [5.41, 5.74) is 10.7. The highest BCUT2D eigenvalue weighted by Gasteiger charge is 2.41. The predicted molar refractivity (Wildman–Crippen MR) is 197 cm³/mol. The fourth-order valence-electron chi connectivity index (χ4n) is 7.80. The zero-order valence-corrected chi connectivity index (χ0v) is 27.0.